The van der Waals surface area contributed by atoms with Crippen LogP contribution in [0.1, 0.15) is 76.7 Å². The van der Waals surface area contributed by atoms with Gasteiger partial charge in [0.2, 0.25) is 0 Å². The lowest BCUT2D eigenvalue weighted by Gasteiger charge is -2.37. The van der Waals surface area contributed by atoms with Gasteiger partial charge in [-0.1, -0.05) is 19.4 Å². The number of hydrogen-bond acceptors (Lipinski definition) is 4. The van der Waals surface area contributed by atoms with E-state index >= 15 is 0 Å². The van der Waals surface area contributed by atoms with Gasteiger partial charge < -0.3 is 14.2 Å². The van der Waals surface area contributed by atoms with Crippen LogP contribution in [0.25, 0.3) is 0 Å². The van der Waals surface area contributed by atoms with Crippen molar-refractivity contribution in [3.63, 3.8) is 0 Å². The fourth-order valence-corrected chi connectivity index (χ4v) is 4.41. The van der Waals surface area contributed by atoms with Crippen molar-refractivity contribution >= 4 is 5.97 Å². The number of halogens is 1. The highest BCUT2D eigenvalue weighted by Gasteiger charge is 2.37. The number of unbranched alkanes of at least 4 members (excludes halogenated alkanes) is 1. The van der Waals surface area contributed by atoms with Crippen molar-refractivity contribution in [3.8, 4) is 5.75 Å². The van der Waals surface area contributed by atoms with E-state index < -0.39 is 5.82 Å². The van der Waals surface area contributed by atoms with Gasteiger partial charge >= 0.3 is 5.97 Å². The number of benzene rings is 1. The van der Waals surface area contributed by atoms with Gasteiger partial charge in [-0.15, -0.1) is 0 Å². The fraction of sp³-hybridized carbons (Fsp3) is 0.696. The number of esters is 1. The molecule has 1 saturated heterocycles. The molecule has 1 aliphatic heterocycles. The molecule has 1 saturated carbocycles. The molecule has 0 spiro atoms. The molecule has 0 bridgehead atoms. The largest absolute Gasteiger partial charge is 0.491 e. The number of carbonyl (C=O) groups is 1. The summed E-state index contributed by atoms with van der Waals surface area (Å²) in [4.78, 5) is 12.6. The van der Waals surface area contributed by atoms with Crippen LogP contribution in [0.4, 0.5) is 4.39 Å². The minimum Gasteiger partial charge on any atom is -0.491 e. The lowest BCUT2D eigenvalue weighted by Crippen LogP contribution is -2.37. The van der Waals surface area contributed by atoms with Crippen molar-refractivity contribution in [1.82, 2.24) is 0 Å². The molecule has 2 fully saturated rings. The summed E-state index contributed by atoms with van der Waals surface area (Å²) in [7, 11) is 0. The molecule has 1 aromatic carbocycles. The number of rotatable bonds is 8. The Hall–Kier alpha value is -1.62. The van der Waals surface area contributed by atoms with Gasteiger partial charge in [0.15, 0.2) is 11.6 Å². The molecule has 0 amide bonds. The average Bonchev–Trinajstić information content (AvgIpc) is 2.70. The molecule has 5 heteroatoms. The van der Waals surface area contributed by atoms with E-state index in [4.69, 9.17) is 14.2 Å². The van der Waals surface area contributed by atoms with E-state index in [2.05, 4.69) is 6.92 Å². The summed E-state index contributed by atoms with van der Waals surface area (Å²) in [5, 5.41) is 0. The van der Waals surface area contributed by atoms with Crippen LogP contribution >= 0.6 is 0 Å². The van der Waals surface area contributed by atoms with E-state index in [1.165, 1.54) is 6.07 Å². The SMILES string of the molecule is CCCCOc1ccc(C2CCC(C3CCC(OCC)CC3)OC2=O)cc1F. The molecule has 2 aliphatic rings. The predicted molar refractivity (Wildman–Crippen MR) is 106 cm³/mol. The second-order valence-corrected chi connectivity index (χ2v) is 7.99. The minimum absolute atomic E-state index is 0.00664. The smallest absolute Gasteiger partial charge is 0.313 e. The number of ether oxygens (including phenoxy) is 3. The average molecular weight is 393 g/mol. The third kappa shape index (κ3) is 5.25. The summed E-state index contributed by atoms with van der Waals surface area (Å²) in [6.45, 7) is 5.36. The molecule has 1 aromatic rings. The van der Waals surface area contributed by atoms with E-state index in [1.54, 1.807) is 12.1 Å². The van der Waals surface area contributed by atoms with Gasteiger partial charge in [0.05, 0.1) is 18.6 Å². The van der Waals surface area contributed by atoms with E-state index in [0.717, 1.165) is 51.6 Å². The molecule has 1 aliphatic carbocycles. The van der Waals surface area contributed by atoms with E-state index in [1.807, 2.05) is 6.92 Å². The summed E-state index contributed by atoms with van der Waals surface area (Å²) in [6, 6.07) is 4.86. The van der Waals surface area contributed by atoms with Gasteiger partial charge in [-0.3, -0.25) is 4.79 Å². The molecule has 28 heavy (non-hydrogen) atoms. The van der Waals surface area contributed by atoms with E-state index in [9.17, 15) is 9.18 Å². The summed E-state index contributed by atoms with van der Waals surface area (Å²) < 4.78 is 31.3. The van der Waals surface area contributed by atoms with Crippen LogP contribution in [0.5, 0.6) is 5.75 Å². The summed E-state index contributed by atoms with van der Waals surface area (Å²) in [5.41, 5.74) is 0.684. The lowest BCUT2D eigenvalue weighted by molar-refractivity contribution is -0.161. The molecule has 4 nitrogen and oxygen atoms in total. The third-order valence-corrected chi connectivity index (χ3v) is 6.05. The van der Waals surface area contributed by atoms with Crippen molar-refractivity contribution in [1.29, 1.82) is 0 Å². The maximum absolute atomic E-state index is 14.3. The molecule has 2 unspecified atom stereocenters. The zero-order valence-corrected chi connectivity index (χ0v) is 17.1. The summed E-state index contributed by atoms with van der Waals surface area (Å²) in [6.07, 6.45) is 7.98. The molecule has 156 valence electrons. The quantitative estimate of drug-likeness (QED) is 0.440. The highest BCUT2D eigenvalue weighted by atomic mass is 19.1. The second-order valence-electron chi connectivity index (χ2n) is 7.99. The first-order valence-electron chi connectivity index (χ1n) is 10.9. The van der Waals surface area contributed by atoms with Crippen LogP contribution in [0.3, 0.4) is 0 Å². The summed E-state index contributed by atoms with van der Waals surface area (Å²) in [5.74, 6) is -0.326. The first-order valence-corrected chi connectivity index (χ1v) is 10.9. The maximum Gasteiger partial charge on any atom is 0.313 e. The Labute approximate surface area is 167 Å². The first kappa shape index (κ1) is 21.1. The van der Waals surface area contributed by atoms with Crippen LogP contribution in [0.2, 0.25) is 0 Å². The van der Waals surface area contributed by atoms with E-state index in [-0.39, 0.29) is 23.7 Å². The van der Waals surface area contributed by atoms with Gasteiger partial charge in [0.1, 0.15) is 6.10 Å². The normalized spacial score (nSPS) is 28.0. The number of hydrogen-bond donors (Lipinski definition) is 0. The van der Waals surface area contributed by atoms with Gasteiger partial charge in [-0.25, -0.2) is 4.39 Å². The predicted octanol–water partition coefficient (Wildman–Crippen LogP) is 5.39. The Morgan fingerprint density at radius 2 is 1.89 bits per heavy atom. The monoisotopic (exact) mass is 392 g/mol. The topological polar surface area (TPSA) is 44.8 Å². The molecule has 0 radical (unpaired) electrons. The maximum atomic E-state index is 14.3. The van der Waals surface area contributed by atoms with E-state index in [0.29, 0.717) is 30.6 Å². The lowest BCUT2D eigenvalue weighted by atomic mass is 9.79. The molecule has 1 heterocycles. The molecular weight excluding hydrogens is 359 g/mol. The first-order chi connectivity index (χ1) is 13.6. The Morgan fingerprint density at radius 3 is 2.54 bits per heavy atom. The Kier molecular flexibility index (Phi) is 7.72. The van der Waals surface area contributed by atoms with Crippen LogP contribution in [0.15, 0.2) is 18.2 Å². The third-order valence-electron chi connectivity index (χ3n) is 6.05. The van der Waals surface area contributed by atoms with Crippen molar-refractivity contribution in [2.75, 3.05) is 13.2 Å². The van der Waals surface area contributed by atoms with Gasteiger partial charge in [-0.05, 0) is 75.5 Å². The number of carbonyl (C=O) groups excluding carboxylic acids is 1. The van der Waals surface area contributed by atoms with Gasteiger partial charge in [-0.2, -0.15) is 0 Å². The van der Waals surface area contributed by atoms with Crippen molar-refractivity contribution in [3.05, 3.63) is 29.6 Å². The van der Waals surface area contributed by atoms with Crippen LogP contribution in [0, 0.1) is 11.7 Å². The highest BCUT2D eigenvalue weighted by molar-refractivity contribution is 5.79. The zero-order chi connectivity index (χ0) is 19.9. The summed E-state index contributed by atoms with van der Waals surface area (Å²) >= 11 is 0. The highest BCUT2D eigenvalue weighted by Crippen LogP contribution is 2.38. The molecular formula is C23H33FO4. The molecule has 3 rings (SSSR count). The molecule has 0 N–H and O–H groups in total. The van der Waals surface area contributed by atoms with Crippen LogP contribution in [-0.2, 0) is 14.3 Å². The van der Waals surface area contributed by atoms with Crippen LogP contribution < -0.4 is 4.74 Å². The fourth-order valence-electron chi connectivity index (χ4n) is 4.41. The molecule has 0 aromatic heterocycles. The zero-order valence-electron chi connectivity index (χ0n) is 17.1. The standard InChI is InChI=1S/C23H33FO4/c1-3-5-14-27-22-12-8-17(15-20(22)24)19-11-13-21(28-23(19)25)16-6-9-18(10-7-16)26-4-2/h8,12,15-16,18-19,21H,3-7,9-11,13-14H2,1-2H3. The van der Waals surface area contributed by atoms with Crippen molar-refractivity contribution in [2.24, 2.45) is 5.92 Å². The number of cyclic esters (lactones) is 1. The molecule has 2 atom stereocenters. The van der Waals surface area contributed by atoms with Gasteiger partial charge in [0, 0.05) is 6.61 Å². The minimum atomic E-state index is -0.405. The van der Waals surface area contributed by atoms with Crippen LogP contribution in [-0.4, -0.2) is 31.4 Å². The Balaban J connectivity index is 1.54. The Morgan fingerprint density at radius 1 is 1.11 bits per heavy atom. The van der Waals surface area contributed by atoms with Crippen molar-refractivity contribution < 1.29 is 23.4 Å². The van der Waals surface area contributed by atoms with Gasteiger partial charge in [0.25, 0.3) is 0 Å². The Bertz CT molecular complexity index is 639. The second kappa shape index (κ2) is 10.2. The van der Waals surface area contributed by atoms with Crippen molar-refractivity contribution in [2.45, 2.75) is 83.3 Å².